The monoisotopic (exact) mass is 192 g/mol. The maximum Gasteiger partial charge on any atom is 0.157 e. The lowest BCUT2D eigenvalue weighted by molar-refractivity contribution is -0.245. The predicted molar refractivity (Wildman–Crippen MR) is 44.2 cm³/mol. The van der Waals surface area contributed by atoms with E-state index in [1.807, 2.05) is 0 Å². The van der Waals surface area contributed by atoms with Gasteiger partial charge in [-0.1, -0.05) is 0 Å². The van der Waals surface area contributed by atoms with Crippen molar-refractivity contribution in [3.63, 3.8) is 0 Å². The van der Waals surface area contributed by atoms with Crippen molar-refractivity contribution in [2.45, 2.75) is 31.0 Å². The highest BCUT2D eigenvalue weighted by molar-refractivity contribution is 4.83. The Kier molecular flexibility index (Phi) is 4.08. The fourth-order valence-electron chi connectivity index (χ4n) is 1.45. The van der Waals surface area contributed by atoms with E-state index in [2.05, 4.69) is 0 Å². The Morgan fingerprint density at radius 2 is 2.08 bits per heavy atom. The van der Waals surface area contributed by atoms with Gasteiger partial charge in [0.05, 0.1) is 12.7 Å². The van der Waals surface area contributed by atoms with Gasteiger partial charge in [0.1, 0.15) is 12.2 Å². The standard InChI is InChI=1S/C8H16O5/c1-11-4-6-8(10)5(12-2)3-7(9)13-6/h5-10H,3-4H2,1-2H3. The molecule has 0 spiro atoms. The highest BCUT2D eigenvalue weighted by Gasteiger charge is 2.36. The fraction of sp³-hybridized carbons (Fsp3) is 1.00. The molecule has 0 aromatic carbocycles. The van der Waals surface area contributed by atoms with Crippen molar-refractivity contribution in [3.05, 3.63) is 0 Å². The predicted octanol–water partition coefficient (Wildman–Crippen LogP) is -0.884. The molecule has 78 valence electrons. The number of hydrogen-bond acceptors (Lipinski definition) is 5. The topological polar surface area (TPSA) is 68.2 Å². The second-order valence-electron chi connectivity index (χ2n) is 3.08. The second kappa shape index (κ2) is 4.88. The Morgan fingerprint density at radius 3 is 2.62 bits per heavy atom. The molecule has 0 aromatic rings. The molecule has 1 aliphatic heterocycles. The van der Waals surface area contributed by atoms with Gasteiger partial charge in [-0.3, -0.25) is 0 Å². The normalized spacial score (nSPS) is 40.6. The molecule has 4 unspecified atom stereocenters. The SMILES string of the molecule is COCC1OC(O)CC(OC)C1O. The lowest BCUT2D eigenvalue weighted by atomic mass is 10.0. The highest BCUT2D eigenvalue weighted by Crippen LogP contribution is 2.21. The Morgan fingerprint density at radius 1 is 1.38 bits per heavy atom. The van der Waals surface area contributed by atoms with Crippen LogP contribution in [0.2, 0.25) is 0 Å². The van der Waals surface area contributed by atoms with Crippen LogP contribution >= 0.6 is 0 Å². The third-order valence-corrected chi connectivity index (χ3v) is 2.16. The molecule has 5 heteroatoms. The molecule has 0 radical (unpaired) electrons. The molecule has 1 rings (SSSR count). The van der Waals surface area contributed by atoms with Gasteiger partial charge in [-0.2, -0.15) is 0 Å². The Bertz CT molecular complexity index is 151. The summed E-state index contributed by atoms with van der Waals surface area (Å²) in [4.78, 5) is 0. The van der Waals surface area contributed by atoms with Crippen LogP contribution in [0.25, 0.3) is 0 Å². The summed E-state index contributed by atoms with van der Waals surface area (Å²) in [5.41, 5.74) is 0. The summed E-state index contributed by atoms with van der Waals surface area (Å²) in [6.07, 6.45) is -2.23. The largest absolute Gasteiger partial charge is 0.388 e. The second-order valence-corrected chi connectivity index (χ2v) is 3.08. The molecule has 0 aliphatic carbocycles. The van der Waals surface area contributed by atoms with Crippen LogP contribution in [-0.4, -0.2) is 55.6 Å². The molecule has 1 fully saturated rings. The summed E-state index contributed by atoms with van der Waals surface area (Å²) < 4.78 is 14.9. The summed E-state index contributed by atoms with van der Waals surface area (Å²) in [6, 6.07) is 0. The molecule has 0 bridgehead atoms. The number of rotatable bonds is 3. The van der Waals surface area contributed by atoms with Gasteiger partial charge in [0.15, 0.2) is 6.29 Å². The van der Waals surface area contributed by atoms with E-state index < -0.39 is 18.5 Å². The van der Waals surface area contributed by atoms with E-state index in [-0.39, 0.29) is 19.1 Å². The number of aliphatic hydroxyl groups excluding tert-OH is 2. The van der Waals surface area contributed by atoms with Crippen molar-refractivity contribution >= 4 is 0 Å². The van der Waals surface area contributed by atoms with Crippen LogP contribution in [0.1, 0.15) is 6.42 Å². The molecular weight excluding hydrogens is 176 g/mol. The van der Waals surface area contributed by atoms with E-state index in [1.165, 1.54) is 14.2 Å². The number of ether oxygens (including phenoxy) is 3. The summed E-state index contributed by atoms with van der Waals surface area (Å²) in [5, 5.41) is 18.9. The average molecular weight is 192 g/mol. The van der Waals surface area contributed by atoms with Crippen LogP contribution in [0.4, 0.5) is 0 Å². The van der Waals surface area contributed by atoms with E-state index in [1.54, 1.807) is 0 Å². The van der Waals surface area contributed by atoms with E-state index in [0.29, 0.717) is 0 Å². The molecular formula is C8H16O5. The quantitative estimate of drug-likeness (QED) is 0.607. The lowest BCUT2D eigenvalue weighted by Crippen LogP contribution is -2.50. The number of aliphatic hydroxyl groups is 2. The van der Waals surface area contributed by atoms with Crippen molar-refractivity contribution in [2.75, 3.05) is 20.8 Å². The average Bonchev–Trinajstić information content (AvgIpc) is 2.11. The molecule has 1 saturated heterocycles. The zero-order valence-electron chi connectivity index (χ0n) is 7.84. The summed E-state index contributed by atoms with van der Waals surface area (Å²) in [5.74, 6) is 0. The van der Waals surface area contributed by atoms with E-state index in [4.69, 9.17) is 14.2 Å². The lowest BCUT2D eigenvalue weighted by Gasteiger charge is -2.36. The van der Waals surface area contributed by atoms with Crippen molar-refractivity contribution in [3.8, 4) is 0 Å². The third-order valence-electron chi connectivity index (χ3n) is 2.16. The first-order valence-corrected chi connectivity index (χ1v) is 4.22. The van der Waals surface area contributed by atoms with Crippen molar-refractivity contribution in [1.29, 1.82) is 0 Å². The molecule has 5 nitrogen and oxygen atoms in total. The van der Waals surface area contributed by atoms with Gasteiger partial charge < -0.3 is 24.4 Å². The van der Waals surface area contributed by atoms with Crippen molar-refractivity contribution < 1.29 is 24.4 Å². The zero-order valence-corrected chi connectivity index (χ0v) is 7.84. The first kappa shape index (κ1) is 10.9. The van der Waals surface area contributed by atoms with Crippen LogP contribution in [0.3, 0.4) is 0 Å². The van der Waals surface area contributed by atoms with Gasteiger partial charge in [-0.05, 0) is 0 Å². The molecule has 0 aromatic heterocycles. The fourth-order valence-corrected chi connectivity index (χ4v) is 1.45. The van der Waals surface area contributed by atoms with Gasteiger partial charge in [0.25, 0.3) is 0 Å². The minimum Gasteiger partial charge on any atom is -0.388 e. The van der Waals surface area contributed by atoms with Gasteiger partial charge in [0, 0.05) is 20.6 Å². The molecule has 0 saturated carbocycles. The van der Waals surface area contributed by atoms with E-state index in [9.17, 15) is 10.2 Å². The van der Waals surface area contributed by atoms with Crippen molar-refractivity contribution in [2.24, 2.45) is 0 Å². The molecule has 2 N–H and O–H groups in total. The molecule has 1 heterocycles. The maximum atomic E-state index is 9.64. The van der Waals surface area contributed by atoms with E-state index >= 15 is 0 Å². The summed E-state index contributed by atoms with van der Waals surface area (Å²) in [6.45, 7) is 0.248. The van der Waals surface area contributed by atoms with Crippen LogP contribution < -0.4 is 0 Å². The van der Waals surface area contributed by atoms with Gasteiger partial charge in [0.2, 0.25) is 0 Å². The molecule has 1 aliphatic rings. The van der Waals surface area contributed by atoms with Crippen LogP contribution in [0, 0.1) is 0 Å². The summed E-state index contributed by atoms with van der Waals surface area (Å²) in [7, 11) is 3.01. The molecule has 0 amide bonds. The Hall–Kier alpha value is -0.200. The smallest absolute Gasteiger partial charge is 0.157 e. The summed E-state index contributed by atoms with van der Waals surface area (Å²) >= 11 is 0. The van der Waals surface area contributed by atoms with Crippen LogP contribution in [0.15, 0.2) is 0 Å². The van der Waals surface area contributed by atoms with E-state index in [0.717, 1.165) is 0 Å². The van der Waals surface area contributed by atoms with Gasteiger partial charge in [-0.25, -0.2) is 0 Å². The Labute approximate surface area is 77.2 Å². The maximum absolute atomic E-state index is 9.64. The molecule has 4 atom stereocenters. The third kappa shape index (κ3) is 2.62. The Balaban J connectivity index is 2.52. The van der Waals surface area contributed by atoms with Crippen molar-refractivity contribution in [1.82, 2.24) is 0 Å². The first-order valence-electron chi connectivity index (χ1n) is 4.22. The van der Waals surface area contributed by atoms with Gasteiger partial charge in [-0.15, -0.1) is 0 Å². The minimum absolute atomic E-state index is 0.248. The number of hydrogen-bond donors (Lipinski definition) is 2. The van der Waals surface area contributed by atoms with Crippen LogP contribution in [0.5, 0.6) is 0 Å². The first-order chi connectivity index (χ1) is 6.19. The molecule has 13 heavy (non-hydrogen) atoms. The zero-order chi connectivity index (χ0) is 9.84. The highest BCUT2D eigenvalue weighted by atomic mass is 16.6. The van der Waals surface area contributed by atoms with Crippen LogP contribution in [-0.2, 0) is 14.2 Å². The minimum atomic E-state index is -0.881. The van der Waals surface area contributed by atoms with Gasteiger partial charge >= 0.3 is 0 Å². The number of methoxy groups -OCH3 is 2.